The van der Waals surface area contributed by atoms with Crippen LogP contribution in [0.2, 0.25) is 0 Å². The zero-order valence-corrected chi connectivity index (χ0v) is 19.7. The van der Waals surface area contributed by atoms with Crippen LogP contribution in [0.15, 0.2) is 0 Å². The van der Waals surface area contributed by atoms with Crippen molar-refractivity contribution in [2.45, 2.75) is 99.0 Å². The molecule has 0 aromatic rings. The molecule has 0 aromatic heterocycles. The lowest BCUT2D eigenvalue weighted by Gasteiger charge is -2.48. The van der Waals surface area contributed by atoms with Crippen LogP contribution in [0.5, 0.6) is 0 Å². The molecule has 0 saturated carbocycles. The average molecular weight is 545 g/mol. The highest BCUT2D eigenvalue weighted by atomic mass is 16.7. The highest BCUT2D eigenvalue weighted by Gasteiger charge is 2.53. The molecule has 216 valence electrons. The lowest BCUT2D eigenvalue weighted by atomic mass is 9.95. The van der Waals surface area contributed by atoms with Crippen LogP contribution in [0.4, 0.5) is 0 Å². The highest BCUT2D eigenvalue weighted by molar-refractivity contribution is 5.73. The van der Waals surface area contributed by atoms with Crippen molar-refractivity contribution in [2.75, 3.05) is 19.8 Å². The van der Waals surface area contributed by atoms with Crippen LogP contribution < -0.4 is 5.32 Å². The minimum absolute atomic E-state index is 0.638. The SMILES string of the molecule is CC(=O)N[C@H]1[C@H](O[C@@H]2[C@H](O)[C@@H](O)[C@H](O[C@@H]3[C@@H](O)[C@H](O)O[C@H](CO)[C@H]3O)O[C@@H]2CO)O[C@H](CO)[C@@H](O)[C@@H]1O. The first-order chi connectivity index (χ1) is 17.4. The summed E-state index contributed by atoms with van der Waals surface area (Å²) in [5.74, 6) is -0.638. The number of aliphatic hydroxyl groups excluding tert-OH is 10. The third-order valence-electron chi connectivity index (χ3n) is 6.49. The number of carbonyl (C=O) groups excluding carboxylic acids is 1. The number of nitrogens with one attached hydrogen (secondary N) is 1. The van der Waals surface area contributed by atoms with E-state index in [1.807, 2.05) is 0 Å². The van der Waals surface area contributed by atoms with Gasteiger partial charge in [-0.05, 0) is 0 Å². The highest BCUT2D eigenvalue weighted by Crippen LogP contribution is 2.32. The Morgan fingerprint density at radius 3 is 1.76 bits per heavy atom. The fourth-order valence-corrected chi connectivity index (χ4v) is 4.46. The van der Waals surface area contributed by atoms with Crippen molar-refractivity contribution >= 4 is 5.91 Å². The molecule has 1 amide bonds. The molecule has 0 aliphatic carbocycles. The molecule has 11 N–H and O–H groups in total. The van der Waals surface area contributed by atoms with E-state index in [2.05, 4.69) is 5.32 Å². The van der Waals surface area contributed by atoms with Gasteiger partial charge in [-0.1, -0.05) is 0 Å². The summed E-state index contributed by atoms with van der Waals surface area (Å²) in [5, 5.41) is 103. The van der Waals surface area contributed by atoms with E-state index in [4.69, 9.17) is 23.7 Å². The van der Waals surface area contributed by atoms with Crippen LogP contribution in [0.25, 0.3) is 0 Å². The first kappa shape index (κ1) is 30.4. The molecule has 3 saturated heterocycles. The summed E-state index contributed by atoms with van der Waals surface area (Å²) in [6.45, 7) is -1.20. The normalized spacial score (nSPS) is 49.0. The Labute approximate surface area is 210 Å². The van der Waals surface area contributed by atoms with Crippen LogP contribution in [-0.2, 0) is 28.5 Å². The Kier molecular flexibility index (Phi) is 10.5. The van der Waals surface area contributed by atoms with Gasteiger partial charge in [-0.2, -0.15) is 0 Å². The van der Waals surface area contributed by atoms with Gasteiger partial charge >= 0.3 is 0 Å². The molecule has 0 bridgehead atoms. The van der Waals surface area contributed by atoms with Crippen LogP contribution in [-0.4, -0.2) is 169 Å². The maximum atomic E-state index is 11.6. The van der Waals surface area contributed by atoms with E-state index < -0.39 is 118 Å². The lowest BCUT2D eigenvalue weighted by molar-refractivity contribution is -0.372. The van der Waals surface area contributed by atoms with Gasteiger partial charge in [0, 0.05) is 6.92 Å². The minimum atomic E-state index is -1.94. The molecule has 15 atom stereocenters. The molecular formula is C20H35NO16. The molecule has 3 fully saturated rings. The van der Waals surface area contributed by atoms with Crippen molar-refractivity contribution in [3.05, 3.63) is 0 Å². The number of carbonyl (C=O) groups is 1. The van der Waals surface area contributed by atoms with E-state index in [1.54, 1.807) is 0 Å². The van der Waals surface area contributed by atoms with Crippen molar-refractivity contribution in [2.24, 2.45) is 0 Å². The molecule has 17 nitrogen and oxygen atoms in total. The second kappa shape index (κ2) is 12.8. The topological polar surface area (TPSA) is 278 Å². The Hall–Kier alpha value is -1.13. The smallest absolute Gasteiger partial charge is 0.217 e. The maximum absolute atomic E-state index is 11.6. The number of hydrogen-bond donors (Lipinski definition) is 11. The molecule has 3 aliphatic rings. The summed E-state index contributed by atoms with van der Waals surface area (Å²) in [5.41, 5.74) is 0. The third-order valence-corrected chi connectivity index (χ3v) is 6.49. The van der Waals surface area contributed by atoms with Crippen molar-refractivity contribution < 1.29 is 79.5 Å². The summed E-state index contributed by atoms with van der Waals surface area (Å²) in [6.07, 6.45) is -23.3. The molecule has 0 spiro atoms. The van der Waals surface area contributed by atoms with E-state index in [0.29, 0.717) is 0 Å². The van der Waals surface area contributed by atoms with E-state index in [-0.39, 0.29) is 0 Å². The van der Waals surface area contributed by atoms with E-state index >= 15 is 0 Å². The Bertz CT molecular complexity index is 745. The fraction of sp³-hybridized carbons (Fsp3) is 0.950. The van der Waals surface area contributed by atoms with Gasteiger partial charge < -0.3 is 80.1 Å². The Morgan fingerprint density at radius 1 is 0.649 bits per heavy atom. The van der Waals surface area contributed by atoms with Gasteiger partial charge in [0.1, 0.15) is 73.2 Å². The number of aliphatic hydroxyl groups is 10. The zero-order valence-electron chi connectivity index (χ0n) is 19.7. The van der Waals surface area contributed by atoms with Gasteiger partial charge in [-0.25, -0.2) is 0 Å². The molecule has 0 unspecified atom stereocenters. The first-order valence-corrected chi connectivity index (χ1v) is 11.6. The average Bonchev–Trinajstić information content (AvgIpc) is 2.87. The van der Waals surface area contributed by atoms with Gasteiger partial charge in [0.2, 0.25) is 5.91 Å². The van der Waals surface area contributed by atoms with E-state index in [9.17, 15) is 55.9 Å². The molecule has 3 heterocycles. The van der Waals surface area contributed by atoms with E-state index in [1.165, 1.54) is 0 Å². The number of rotatable bonds is 8. The standard InChI is InChI=1S/C20H35NO16/c1-5(25)21-9-12(28)10(26)6(2-22)34-19(9)36-16-8(4-24)35-20(14(30)13(16)29)37-17-11(27)7(3-23)33-18(32)15(17)31/h6-20,22-24,26-32H,2-4H2,1H3,(H,21,25)/t6-,7-,8-,9-,10-,11-,12-,13-,14-,15-,16+,17+,18-,19+,20+/m1/s1. The Morgan fingerprint density at radius 2 is 1.19 bits per heavy atom. The summed E-state index contributed by atoms with van der Waals surface area (Å²) in [4.78, 5) is 11.6. The molecule has 0 aromatic carbocycles. The van der Waals surface area contributed by atoms with Crippen LogP contribution in [0.1, 0.15) is 6.92 Å². The number of amides is 1. The number of hydrogen-bond acceptors (Lipinski definition) is 16. The quantitative estimate of drug-likeness (QED) is 0.135. The molecule has 3 aliphatic heterocycles. The largest absolute Gasteiger partial charge is 0.394 e. The van der Waals surface area contributed by atoms with Gasteiger partial charge in [-0.3, -0.25) is 4.79 Å². The summed E-state index contributed by atoms with van der Waals surface area (Å²) in [6, 6.07) is -1.39. The van der Waals surface area contributed by atoms with Gasteiger partial charge in [0.25, 0.3) is 0 Å². The second-order valence-corrected chi connectivity index (χ2v) is 9.07. The predicted molar refractivity (Wildman–Crippen MR) is 113 cm³/mol. The monoisotopic (exact) mass is 545 g/mol. The molecule has 3 rings (SSSR count). The molecule has 0 radical (unpaired) electrons. The molecular weight excluding hydrogens is 510 g/mol. The van der Waals surface area contributed by atoms with Gasteiger partial charge in [0.15, 0.2) is 18.9 Å². The van der Waals surface area contributed by atoms with Crippen molar-refractivity contribution in [1.82, 2.24) is 5.32 Å². The summed E-state index contributed by atoms with van der Waals surface area (Å²) in [7, 11) is 0. The lowest BCUT2D eigenvalue weighted by Crippen LogP contribution is -2.68. The zero-order chi connectivity index (χ0) is 27.6. The molecule has 37 heavy (non-hydrogen) atoms. The van der Waals surface area contributed by atoms with Crippen molar-refractivity contribution in [3.8, 4) is 0 Å². The van der Waals surface area contributed by atoms with Gasteiger partial charge in [0.05, 0.1) is 19.8 Å². The predicted octanol–water partition coefficient (Wildman–Crippen LogP) is -7.43. The van der Waals surface area contributed by atoms with Crippen molar-refractivity contribution in [1.29, 1.82) is 0 Å². The minimum Gasteiger partial charge on any atom is -0.394 e. The summed E-state index contributed by atoms with van der Waals surface area (Å²) < 4.78 is 26.8. The summed E-state index contributed by atoms with van der Waals surface area (Å²) >= 11 is 0. The fourth-order valence-electron chi connectivity index (χ4n) is 4.46. The van der Waals surface area contributed by atoms with E-state index in [0.717, 1.165) is 6.92 Å². The van der Waals surface area contributed by atoms with Crippen LogP contribution in [0.3, 0.4) is 0 Å². The van der Waals surface area contributed by atoms with Gasteiger partial charge in [-0.15, -0.1) is 0 Å². The Balaban J connectivity index is 1.77. The first-order valence-electron chi connectivity index (χ1n) is 11.6. The third kappa shape index (κ3) is 6.38. The molecule has 17 heteroatoms. The maximum Gasteiger partial charge on any atom is 0.217 e. The van der Waals surface area contributed by atoms with Crippen molar-refractivity contribution in [3.63, 3.8) is 0 Å². The number of ether oxygens (including phenoxy) is 5. The van der Waals surface area contributed by atoms with Crippen LogP contribution >= 0.6 is 0 Å². The van der Waals surface area contributed by atoms with Crippen LogP contribution in [0, 0.1) is 0 Å². The second-order valence-electron chi connectivity index (χ2n) is 9.07.